The summed E-state index contributed by atoms with van der Waals surface area (Å²) in [7, 11) is 0. The van der Waals surface area contributed by atoms with Crippen molar-refractivity contribution in [2.75, 3.05) is 5.32 Å². The molecule has 0 bridgehead atoms. The number of fused-ring (bicyclic) bond motifs is 1. The lowest BCUT2D eigenvalue weighted by Crippen LogP contribution is -2.16. The number of carbonyl (C=O) groups excluding carboxylic acids is 1. The Morgan fingerprint density at radius 3 is 2.68 bits per heavy atom. The Morgan fingerprint density at radius 2 is 1.86 bits per heavy atom. The Balaban J connectivity index is 1.70. The van der Waals surface area contributed by atoms with E-state index in [4.69, 9.17) is 0 Å². The number of hydrogen-bond donors (Lipinski definition) is 1. The molecule has 0 aliphatic heterocycles. The molecule has 22 heavy (non-hydrogen) atoms. The third kappa shape index (κ3) is 3.35. The standard InChI is InChI=1S/C19H20FNO/c1-13-6-9-17(20)18(10-13)21-19(22)12-14-7-8-15-4-2-3-5-16(15)11-14/h6-11H,2-5,12H2,1H3,(H,21,22). The number of hydrogen-bond acceptors (Lipinski definition) is 1. The molecule has 2 nitrogen and oxygen atoms in total. The van der Waals surface area contributed by atoms with Crippen LogP contribution in [-0.2, 0) is 24.1 Å². The first-order valence-electron chi connectivity index (χ1n) is 7.78. The van der Waals surface area contributed by atoms with Gasteiger partial charge in [0.15, 0.2) is 0 Å². The first kappa shape index (κ1) is 14.8. The van der Waals surface area contributed by atoms with Crippen molar-refractivity contribution in [3.05, 3.63) is 64.5 Å². The van der Waals surface area contributed by atoms with Gasteiger partial charge in [0.05, 0.1) is 12.1 Å². The average molecular weight is 297 g/mol. The molecule has 1 N–H and O–H groups in total. The average Bonchev–Trinajstić information content (AvgIpc) is 2.51. The van der Waals surface area contributed by atoms with Gasteiger partial charge in [-0.3, -0.25) is 4.79 Å². The van der Waals surface area contributed by atoms with E-state index < -0.39 is 5.82 Å². The van der Waals surface area contributed by atoms with Gasteiger partial charge in [-0.25, -0.2) is 4.39 Å². The fraction of sp³-hybridized carbons (Fsp3) is 0.316. The Bertz CT molecular complexity index is 709. The van der Waals surface area contributed by atoms with Crippen LogP contribution in [0.1, 0.15) is 35.1 Å². The minimum atomic E-state index is -0.399. The molecule has 0 radical (unpaired) electrons. The number of benzene rings is 2. The summed E-state index contributed by atoms with van der Waals surface area (Å²) in [5.74, 6) is -0.579. The molecule has 0 spiro atoms. The molecule has 0 aromatic heterocycles. The van der Waals surface area contributed by atoms with Crippen LogP contribution < -0.4 is 5.32 Å². The fourth-order valence-corrected chi connectivity index (χ4v) is 3.01. The van der Waals surface area contributed by atoms with E-state index in [0.717, 1.165) is 24.0 Å². The molecular weight excluding hydrogens is 277 g/mol. The summed E-state index contributed by atoms with van der Waals surface area (Å²) in [4.78, 5) is 12.1. The van der Waals surface area contributed by atoms with E-state index in [-0.39, 0.29) is 18.0 Å². The molecule has 0 saturated carbocycles. The molecule has 0 atom stereocenters. The number of aryl methyl sites for hydroxylation is 3. The maximum Gasteiger partial charge on any atom is 0.228 e. The van der Waals surface area contributed by atoms with Gasteiger partial charge < -0.3 is 5.32 Å². The van der Waals surface area contributed by atoms with E-state index in [1.807, 2.05) is 13.0 Å². The van der Waals surface area contributed by atoms with Gasteiger partial charge in [-0.2, -0.15) is 0 Å². The number of nitrogens with one attached hydrogen (secondary N) is 1. The lowest BCUT2D eigenvalue weighted by atomic mass is 9.90. The summed E-state index contributed by atoms with van der Waals surface area (Å²) < 4.78 is 13.7. The van der Waals surface area contributed by atoms with Gasteiger partial charge in [0, 0.05) is 0 Å². The number of anilines is 1. The van der Waals surface area contributed by atoms with Crippen LogP contribution >= 0.6 is 0 Å². The molecule has 0 unspecified atom stereocenters. The molecule has 1 amide bonds. The summed E-state index contributed by atoms with van der Waals surface area (Å²) >= 11 is 0. The molecule has 0 heterocycles. The van der Waals surface area contributed by atoms with Crippen molar-refractivity contribution in [2.45, 2.75) is 39.0 Å². The zero-order chi connectivity index (χ0) is 15.5. The molecule has 114 valence electrons. The Hall–Kier alpha value is -2.16. The third-order valence-electron chi connectivity index (χ3n) is 4.17. The summed E-state index contributed by atoms with van der Waals surface area (Å²) in [6, 6.07) is 11.0. The first-order chi connectivity index (χ1) is 10.6. The molecular formula is C19H20FNO. The van der Waals surface area contributed by atoms with Crippen LogP contribution in [0, 0.1) is 12.7 Å². The highest BCUT2D eigenvalue weighted by Gasteiger charge is 2.12. The maximum absolute atomic E-state index is 13.7. The van der Waals surface area contributed by atoms with E-state index in [1.54, 1.807) is 12.1 Å². The van der Waals surface area contributed by atoms with Crippen molar-refractivity contribution in [3.8, 4) is 0 Å². The molecule has 1 aliphatic carbocycles. The quantitative estimate of drug-likeness (QED) is 0.904. The van der Waals surface area contributed by atoms with Gasteiger partial charge in [-0.15, -0.1) is 0 Å². The van der Waals surface area contributed by atoms with Gasteiger partial charge in [-0.05, 0) is 67.0 Å². The van der Waals surface area contributed by atoms with Crippen molar-refractivity contribution < 1.29 is 9.18 Å². The maximum atomic E-state index is 13.7. The molecule has 0 fully saturated rings. The largest absolute Gasteiger partial charge is 0.323 e. The predicted octanol–water partition coefficient (Wildman–Crippen LogP) is 4.19. The van der Waals surface area contributed by atoms with Crippen molar-refractivity contribution in [1.82, 2.24) is 0 Å². The van der Waals surface area contributed by atoms with Crippen molar-refractivity contribution in [1.29, 1.82) is 0 Å². The monoisotopic (exact) mass is 297 g/mol. The number of rotatable bonds is 3. The highest BCUT2D eigenvalue weighted by Crippen LogP contribution is 2.23. The van der Waals surface area contributed by atoms with Crippen LogP contribution in [0.3, 0.4) is 0 Å². The van der Waals surface area contributed by atoms with E-state index in [1.165, 1.54) is 30.0 Å². The van der Waals surface area contributed by atoms with Crippen molar-refractivity contribution in [2.24, 2.45) is 0 Å². The second kappa shape index (κ2) is 6.30. The molecule has 3 rings (SSSR count). The smallest absolute Gasteiger partial charge is 0.228 e. The summed E-state index contributed by atoms with van der Waals surface area (Å²) in [6.07, 6.45) is 4.98. The second-order valence-corrected chi connectivity index (χ2v) is 6.02. The molecule has 0 saturated heterocycles. The Labute approximate surface area is 130 Å². The normalized spacial score (nSPS) is 13.5. The predicted molar refractivity (Wildman–Crippen MR) is 86.6 cm³/mol. The molecule has 2 aromatic rings. The van der Waals surface area contributed by atoms with Crippen LogP contribution in [-0.4, -0.2) is 5.91 Å². The Kier molecular flexibility index (Phi) is 4.23. The van der Waals surface area contributed by atoms with Gasteiger partial charge in [-0.1, -0.05) is 24.3 Å². The number of halogens is 1. The van der Waals surface area contributed by atoms with E-state index >= 15 is 0 Å². The lowest BCUT2D eigenvalue weighted by molar-refractivity contribution is -0.115. The highest BCUT2D eigenvalue weighted by molar-refractivity contribution is 5.92. The fourth-order valence-electron chi connectivity index (χ4n) is 3.01. The van der Waals surface area contributed by atoms with Gasteiger partial charge in [0.25, 0.3) is 0 Å². The van der Waals surface area contributed by atoms with Crippen LogP contribution in [0.5, 0.6) is 0 Å². The van der Waals surface area contributed by atoms with Gasteiger partial charge in [0.2, 0.25) is 5.91 Å². The van der Waals surface area contributed by atoms with E-state index in [2.05, 4.69) is 17.4 Å². The SMILES string of the molecule is Cc1ccc(F)c(NC(=O)Cc2ccc3c(c2)CCCC3)c1. The number of carbonyl (C=O) groups is 1. The summed E-state index contributed by atoms with van der Waals surface area (Å²) in [6.45, 7) is 1.87. The van der Waals surface area contributed by atoms with Crippen LogP contribution in [0.25, 0.3) is 0 Å². The van der Waals surface area contributed by atoms with Crippen LogP contribution in [0.2, 0.25) is 0 Å². The lowest BCUT2D eigenvalue weighted by Gasteiger charge is -2.16. The molecule has 2 aromatic carbocycles. The van der Waals surface area contributed by atoms with E-state index in [0.29, 0.717) is 0 Å². The zero-order valence-corrected chi connectivity index (χ0v) is 12.8. The summed E-state index contributed by atoms with van der Waals surface area (Å²) in [5, 5.41) is 2.67. The number of amides is 1. The van der Waals surface area contributed by atoms with Crippen LogP contribution in [0.4, 0.5) is 10.1 Å². The van der Waals surface area contributed by atoms with Crippen molar-refractivity contribution >= 4 is 11.6 Å². The third-order valence-corrected chi connectivity index (χ3v) is 4.17. The Morgan fingerprint density at radius 1 is 1.09 bits per heavy atom. The van der Waals surface area contributed by atoms with E-state index in [9.17, 15) is 9.18 Å². The van der Waals surface area contributed by atoms with Gasteiger partial charge >= 0.3 is 0 Å². The van der Waals surface area contributed by atoms with Gasteiger partial charge in [0.1, 0.15) is 5.82 Å². The topological polar surface area (TPSA) is 29.1 Å². The first-order valence-corrected chi connectivity index (χ1v) is 7.78. The highest BCUT2D eigenvalue weighted by atomic mass is 19.1. The van der Waals surface area contributed by atoms with Crippen LogP contribution in [0.15, 0.2) is 36.4 Å². The second-order valence-electron chi connectivity index (χ2n) is 6.02. The summed E-state index contributed by atoms with van der Waals surface area (Å²) in [5.41, 5.74) is 4.93. The minimum Gasteiger partial charge on any atom is -0.323 e. The zero-order valence-electron chi connectivity index (χ0n) is 12.8. The minimum absolute atomic E-state index is 0.180. The molecule has 1 aliphatic rings. The van der Waals surface area contributed by atoms with Crippen molar-refractivity contribution in [3.63, 3.8) is 0 Å². The molecule has 3 heteroatoms.